The molecule has 1 amide bonds. The first kappa shape index (κ1) is 21.3. The molecule has 156 valence electrons. The fourth-order valence-corrected chi connectivity index (χ4v) is 3.91. The van der Waals surface area contributed by atoms with Gasteiger partial charge in [-0.15, -0.1) is 0 Å². The van der Waals surface area contributed by atoms with Gasteiger partial charge in [-0.25, -0.2) is 18.5 Å². The zero-order valence-corrected chi connectivity index (χ0v) is 18.2. The van der Waals surface area contributed by atoms with Crippen LogP contribution in [0, 0.1) is 0 Å². The van der Waals surface area contributed by atoms with Gasteiger partial charge in [0.1, 0.15) is 0 Å². The molecule has 0 spiro atoms. The molecule has 9 heteroatoms. The number of carbonyl (C=O) groups is 1. The number of sulfonamides is 1. The number of nitrogens with one attached hydrogen (secondary N) is 1. The Balaban J connectivity index is 1.75. The van der Waals surface area contributed by atoms with Crippen LogP contribution in [0.1, 0.15) is 10.4 Å². The van der Waals surface area contributed by atoms with Crippen molar-refractivity contribution < 1.29 is 13.2 Å². The second-order valence-corrected chi connectivity index (χ2v) is 9.10. The number of hydrogen-bond donors (Lipinski definition) is 2. The fraction of sp³-hybridized carbons (Fsp3) is 0. The van der Waals surface area contributed by atoms with Gasteiger partial charge in [0.2, 0.25) is 10.0 Å². The van der Waals surface area contributed by atoms with Gasteiger partial charge >= 0.3 is 0 Å². The fourth-order valence-electron chi connectivity index (χ4n) is 3.09. The molecule has 0 aliphatic carbocycles. The normalized spacial score (nSPS) is 11.5. The third kappa shape index (κ3) is 4.55. The molecule has 0 saturated carbocycles. The molecular formula is C22H15Cl2N3O3S. The first-order chi connectivity index (χ1) is 14.7. The minimum atomic E-state index is -3.81. The number of para-hydroxylation sites is 1. The number of amides is 1. The van der Waals surface area contributed by atoms with Crippen LogP contribution in [0.15, 0.2) is 77.7 Å². The third-order valence-corrected chi connectivity index (χ3v) is 6.29. The maximum absolute atomic E-state index is 13.1. The van der Waals surface area contributed by atoms with Gasteiger partial charge in [0.05, 0.1) is 31.7 Å². The Morgan fingerprint density at radius 1 is 0.903 bits per heavy atom. The smallest absolute Gasteiger partial charge is 0.256 e. The number of pyridine rings is 1. The van der Waals surface area contributed by atoms with E-state index in [4.69, 9.17) is 28.3 Å². The van der Waals surface area contributed by atoms with Crippen molar-refractivity contribution in [2.24, 2.45) is 5.14 Å². The number of carbonyl (C=O) groups excluding carboxylic acids is 1. The van der Waals surface area contributed by atoms with Gasteiger partial charge in [0, 0.05) is 16.6 Å². The van der Waals surface area contributed by atoms with Crippen LogP contribution in [-0.2, 0) is 10.0 Å². The van der Waals surface area contributed by atoms with Crippen molar-refractivity contribution in [1.29, 1.82) is 0 Å². The van der Waals surface area contributed by atoms with Crippen LogP contribution in [0.4, 0.5) is 5.69 Å². The van der Waals surface area contributed by atoms with E-state index >= 15 is 0 Å². The largest absolute Gasteiger partial charge is 0.322 e. The Morgan fingerprint density at radius 3 is 2.29 bits per heavy atom. The van der Waals surface area contributed by atoms with E-state index in [1.54, 1.807) is 30.3 Å². The van der Waals surface area contributed by atoms with Crippen molar-refractivity contribution in [2.45, 2.75) is 4.90 Å². The molecule has 6 nitrogen and oxygen atoms in total. The number of hydrogen-bond acceptors (Lipinski definition) is 4. The molecule has 1 aromatic heterocycles. The molecule has 3 N–H and O–H groups in total. The minimum absolute atomic E-state index is 0.0400. The highest BCUT2D eigenvalue weighted by molar-refractivity contribution is 7.89. The summed E-state index contributed by atoms with van der Waals surface area (Å²) in [5, 5.41) is 9.37. The summed E-state index contributed by atoms with van der Waals surface area (Å²) in [7, 11) is -3.81. The van der Waals surface area contributed by atoms with Crippen LogP contribution < -0.4 is 10.5 Å². The van der Waals surface area contributed by atoms with Crippen molar-refractivity contribution in [3.8, 4) is 11.3 Å². The van der Waals surface area contributed by atoms with Crippen LogP contribution in [-0.4, -0.2) is 19.3 Å². The summed E-state index contributed by atoms with van der Waals surface area (Å²) in [6, 6.07) is 19.7. The van der Waals surface area contributed by atoms with Gasteiger partial charge in [-0.2, -0.15) is 0 Å². The number of halogens is 2. The molecule has 3 aromatic carbocycles. The Bertz CT molecular complexity index is 1420. The quantitative estimate of drug-likeness (QED) is 0.431. The summed E-state index contributed by atoms with van der Waals surface area (Å²) in [5.41, 5.74) is 2.75. The molecular weight excluding hydrogens is 457 g/mol. The monoisotopic (exact) mass is 471 g/mol. The molecule has 0 radical (unpaired) electrons. The second-order valence-electron chi connectivity index (χ2n) is 6.72. The average Bonchev–Trinajstić information content (AvgIpc) is 2.74. The van der Waals surface area contributed by atoms with E-state index in [1.165, 1.54) is 24.3 Å². The lowest BCUT2D eigenvalue weighted by atomic mass is 10.0. The third-order valence-electron chi connectivity index (χ3n) is 4.62. The summed E-state index contributed by atoms with van der Waals surface area (Å²) in [4.78, 5) is 17.7. The van der Waals surface area contributed by atoms with Crippen molar-refractivity contribution in [2.75, 3.05) is 5.32 Å². The molecule has 0 aliphatic heterocycles. The molecule has 1 heterocycles. The highest BCUT2D eigenvalue weighted by atomic mass is 35.5. The molecule has 0 saturated heterocycles. The van der Waals surface area contributed by atoms with E-state index in [0.29, 0.717) is 43.5 Å². The van der Waals surface area contributed by atoms with E-state index in [-0.39, 0.29) is 10.8 Å². The number of fused-ring (bicyclic) bond motifs is 1. The standard InChI is InChI=1S/C22H15Cl2N3O3S/c23-18-10-5-13(11-19(18)24)21-12-17(16-3-1-2-4-20(16)27-21)22(28)26-14-6-8-15(9-7-14)31(25,29)30/h1-12H,(H,26,28)(H2,25,29,30). The lowest BCUT2D eigenvalue weighted by Gasteiger charge is -2.11. The Labute approximate surface area is 188 Å². The second kappa shape index (κ2) is 8.28. The van der Waals surface area contributed by atoms with Crippen LogP contribution in [0.25, 0.3) is 22.2 Å². The highest BCUT2D eigenvalue weighted by Gasteiger charge is 2.15. The summed E-state index contributed by atoms with van der Waals surface area (Å²) < 4.78 is 22.8. The molecule has 0 unspecified atom stereocenters. The van der Waals surface area contributed by atoms with Crippen molar-refractivity contribution in [3.05, 3.63) is 88.4 Å². The van der Waals surface area contributed by atoms with Gasteiger partial charge in [0.15, 0.2) is 0 Å². The van der Waals surface area contributed by atoms with E-state index in [0.717, 1.165) is 0 Å². The molecule has 31 heavy (non-hydrogen) atoms. The van der Waals surface area contributed by atoms with Crippen molar-refractivity contribution >= 4 is 55.7 Å². The SMILES string of the molecule is NS(=O)(=O)c1ccc(NC(=O)c2cc(-c3ccc(Cl)c(Cl)c3)nc3ccccc23)cc1. The van der Waals surface area contributed by atoms with Gasteiger partial charge in [-0.1, -0.05) is 47.5 Å². The zero-order chi connectivity index (χ0) is 22.2. The molecule has 0 aliphatic rings. The van der Waals surface area contributed by atoms with Gasteiger partial charge < -0.3 is 5.32 Å². The van der Waals surface area contributed by atoms with Crippen LogP contribution >= 0.6 is 23.2 Å². The van der Waals surface area contributed by atoms with Gasteiger partial charge in [-0.3, -0.25) is 4.79 Å². The maximum atomic E-state index is 13.1. The van der Waals surface area contributed by atoms with Crippen molar-refractivity contribution in [3.63, 3.8) is 0 Å². The summed E-state index contributed by atoms with van der Waals surface area (Å²) >= 11 is 12.2. The lowest BCUT2D eigenvalue weighted by molar-refractivity contribution is 0.102. The molecule has 0 fully saturated rings. The highest BCUT2D eigenvalue weighted by Crippen LogP contribution is 2.30. The molecule has 0 atom stereocenters. The number of aromatic nitrogens is 1. The van der Waals surface area contributed by atoms with E-state index in [9.17, 15) is 13.2 Å². The summed E-state index contributed by atoms with van der Waals surface area (Å²) in [6.07, 6.45) is 0. The number of nitrogens with zero attached hydrogens (tertiary/aromatic N) is 1. The first-order valence-electron chi connectivity index (χ1n) is 9.02. The number of anilines is 1. The van der Waals surface area contributed by atoms with Gasteiger partial charge in [0.25, 0.3) is 5.91 Å². The van der Waals surface area contributed by atoms with E-state index < -0.39 is 10.0 Å². The first-order valence-corrected chi connectivity index (χ1v) is 11.3. The lowest BCUT2D eigenvalue weighted by Crippen LogP contribution is -2.14. The van der Waals surface area contributed by atoms with E-state index in [2.05, 4.69) is 10.3 Å². The summed E-state index contributed by atoms with van der Waals surface area (Å²) in [5.74, 6) is -0.372. The Kier molecular flexibility index (Phi) is 5.68. The number of rotatable bonds is 4. The Morgan fingerprint density at radius 2 is 1.61 bits per heavy atom. The summed E-state index contributed by atoms with van der Waals surface area (Å²) in [6.45, 7) is 0. The van der Waals surface area contributed by atoms with Gasteiger partial charge in [-0.05, 0) is 48.5 Å². The molecule has 0 bridgehead atoms. The maximum Gasteiger partial charge on any atom is 0.256 e. The molecule has 4 aromatic rings. The predicted molar refractivity (Wildman–Crippen MR) is 123 cm³/mol. The topological polar surface area (TPSA) is 102 Å². The molecule has 4 rings (SSSR count). The number of primary sulfonamides is 1. The Hall–Kier alpha value is -2.97. The number of benzene rings is 3. The minimum Gasteiger partial charge on any atom is -0.322 e. The average molecular weight is 472 g/mol. The predicted octanol–water partition coefficient (Wildman–Crippen LogP) is 5.11. The van der Waals surface area contributed by atoms with Crippen molar-refractivity contribution in [1.82, 2.24) is 4.98 Å². The zero-order valence-electron chi connectivity index (χ0n) is 15.8. The van der Waals surface area contributed by atoms with Crippen LogP contribution in [0.2, 0.25) is 10.0 Å². The van der Waals surface area contributed by atoms with E-state index in [1.807, 2.05) is 18.2 Å². The van der Waals surface area contributed by atoms with Crippen LogP contribution in [0.5, 0.6) is 0 Å². The van der Waals surface area contributed by atoms with Crippen LogP contribution in [0.3, 0.4) is 0 Å². The number of nitrogens with two attached hydrogens (primary N) is 1.